The smallest absolute Gasteiger partial charge is 0.271 e. The lowest BCUT2D eigenvalue weighted by molar-refractivity contribution is -0.161. The van der Waals surface area contributed by atoms with Gasteiger partial charge in [0, 0.05) is 12.8 Å². The van der Waals surface area contributed by atoms with Crippen molar-refractivity contribution in [2.24, 2.45) is 5.73 Å². The summed E-state index contributed by atoms with van der Waals surface area (Å²) in [4.78, 5) is 24.5. The van der Waals surface area contributed by atoms with Gasteiger partial charge >= 0.3 is 0 Å². The minimum Gasteiger partial charge on any atom is -0.367 e. The van der Waals surface area contributed by atoms with Gasteiger partial charge in [0.05, 0.1) is 6.54 Å². The number of primary amides is 1. The van der Waals surface area contributed by atoms with E-state index in [0.29, 0.717) is 0 Å². The van der Waals surface area contributed by atoms with E-state index in [0.717, 1.165) is 5.69 Å². The van der Waals surface area contributed by atoms with E-state index in [-0.39, 0.29) is 6.54 Å². The number of carbonyl (C=O) groups is 2. The largest absolute Gasteiger partial charge is 0.367 e. The number of carbonyl (C=O) groups excluding carboxylic acids is 2. The fourth-order valence-corrected chi connectivity index (χ4v) is 1.74. The molecule has 1 aliphatic heterocycles. The number of hydrogen-bond donors (Lipinski definition) is 1. The van der Waals surface area contributed by atoms with Crippen molar-refractivity contribution in [2.45, 2.75) is 5.60 Å². The second-order valence-electron chi connectivity index (χ2n) is 3.62. The van der Waals surface area contributed by atoms with E-state index in [1.54, 1.807) is 12.1 Å². The number of hydrogen-bond acceptors (Lipinski definition) is 3. The van der Waals surface area contributed by atoms with Crippen LogP contribution in [0, 0.1) is 0 Å². The Morgan fingerprint density at radius 3 is 2.50 bits per heavy atom. The standard InChI is InChI=1S/C11H12N2O3/c1-16-11(9(12)14)7-13(10(11)15)8-5-3-2-4-6-8/h2-6H,7H2,1H3,(H2,12,14). The monoisotopic (exact) mass is 220 g/mol. The zero-order chi connectivity index (χ0) is 11.8. The molecule has 2 amide bonds. The normalized spacial score (nSPS) is 24.1. The maximum Gasteiger partial charge on any atom is 0.271 e. The zero-order valence-corrected chi connectivity index (χ0v) is 8.84. The van der Waals surface area contributed by atoms with Crippen LogP contribution in [0.5, 0.6) is 0 Å². The third kappa shape index (κ3) is 1.29. The highest BCUT2D eigenvalue weighted by atomic mass is 16.5. The molecule has 5 heteroatoms. The highest BCUT2D eigenvalue weighted by Gasteiger charge is 2.58. The van der Waals surface area contributed by atoms with Gasteiger partial charge < -0.3 is 15.4 Å². The number of nitrogens with zero attached hydrogens (tertiary/aromatic N) is 1. The van der Waals surface area contributed by atoms with Gasteiger partial charge in [-0.15, -0.1) is 0 Å². The van der Waals surface area contributed by atoms with E-state index in [1.165, 1.54) is 12.0 Å². The average molecular weight is 220 g/mol. The van der Waals surface area contributed by atoms with Crippen molar-refractivity contribution in [3.05, 3.63) is 30.3 Å². The molecule has 2 N–H and O–H groups in total. The Morgan fingerprint density at radius 1 is 1.44 bits per heavy atom. The summed E-state index contributed by atoms with van der Waals surface area (Å²) in [6, 6.07) is 9.07. The summed E-state index contributed by atoms with van der Waals surface area (Å²) in [6.07, 6.45) is 0. The van der Waals surface area contributed by atoms with Crippen molar-refractivity contribution >= 4 is 17.5 Å². The van der Waals surface area contributed by atoms with Gasteiger partial charge in [-0.2, -0.15) is 0 Å². The van der Waals surface area contributed by atoms with Crippen LogP contribution in [-0.2, 0) is 14.3 Å². The van der Waals surface area contributed by atoms with E-state index in [1.807, 2.05) is 18.2 Å². The number of anilines is 1. The van der Waals surface area contributed by atoms with Crippen LogP contribution >= 0.6 is 0 Å². The fourth-order valence-electron chi connectivity index (χ4n) is 1.74. The van der Waals surface area contributed by atoms with Gasteiger partial charge in [-0.05, 0) is 12.1 Å². The first-order valence-electron chi connectivity index (χ1n) is 4.84. The molecule has 16 heavy (non-hydrogen) atoms. The molecule has 0 aromatic heterocycles. The van der Waals surface area contributed by atoms with Crippen LogP contribution in [0.2, 0.25) is 0 Å². The summed E-state index contributed by atoms with van der Waals surface area (Å²) < 4.78 is 4.93. The minimum atomic E-state index is -1.48. The molecule has 0 bridgehead atoms. The first kappa shape index (κ1) is 10.6. The van der Waals surface area contributed by atoms with Crippen LogP contribution in [0.15, 0.2) is 30.3 Å². The lowest BCUT2D eigenvalue weighted by Crippen LogP contribution is -2.73. The number of ether oxygens (including phenoxy) is 1. The summed E-state index contributed by atoms with van der Waals surface area (Å²) in [7, 11) is 1.31. The predicted molar refractivity (Wildman–Crippen MR) is 57.7 cm³/mol. The van der Waals surface area contributed by atoms with Crippen LogP contribution < -0.4 is 10.6 Å². The molecule has 0 radical (unpaired) electrons. The molecule has 84 valence electrons. The van der Waals surface area contributed by atoms with Gasteiger partial charge in [-0.3, -0.25) is 9.59 Å². The highest BCUT2D eigenvalue weighted by molar-refractivity contribution is 6.20. The van der Waals surface area contributed by atoms with Gasteiger partial charge in [-0.1, -0.05) is 18.2 Å². The molecule has 0 saturated carbocycles. The van der Waals surface area contributed by atoms with E-state index in [2.05, 4.69) is 0 Å². The second kappa shape index (κ2) is 3.61. The fraction of sp³-hybridized carbons (Fsp3) is 0.273. The molecule has 1 heterocycles. The third-order valence-electron chi connectivity index (χ3n) is 2.79. The number of benzene rings is 1. The van der Waals surface area contributed by atoms with Gasteiger partial charge in [0.1, 0.15) is 0 Å². The molecule has 5 nitrogen and oxygen atoms in total. The first-order chi connectivity index (χ1) is 7.62. The van der Waals surface area contributed by atoms with Crippen LogP contribution in [0.1, 0.15) is 0 Å². The maximum absolute atomic E-state index is 11.9. The lowest BCUT2D eigenvalue weighted by atomic mass is 9.91. The Hall–Kier alpha value is -1.88. The SMILES string of the molecule is COC1(C(N)=O)CN(c2ccccc2)C1=O. The first-order valence-corrected chi connectivity index (χ1v) is 4.84. The maximum atomic E-state index is 11.9. The molecule has 1 unspecified atom stereocenters. The molecule has 1 aliphatic rings. The lowest BCUT2D eigenvalue weighted by Gasteiger charge is -2.45. The summed E-state index contributed by atoms with van der Waals surface area (Å²) >= 11 is 0. The van der Waals surface area contributed by atoms with Crippen LogP contribution in [0.3, 0.4) is 0 Å². The molecule has 1 aromatic rings. The minimum absolute atomic E-state index is 0.168. The Labute approximate surface area is 92.8 Å². The van der Waals surface area contributed by atoms with Gasteiger partial charge in [-0.25, -0.2) is 0 Å². The molecular formula is C11H12N2O3. The molecular weight excluding hydrogens is 208 g/mol. The predicted octanol–water partition coefficient (Wildman–Crippen LogP) is -0.0963. The van der Waals surface area contributed by atoms with E-state index < -0.39 is 17.4 Å². The molecule has 0 spiro atoms. The molecule has 0 aliphatic carbocycles. The Kier molecular flexibility index (Phi) is 2.40. The molecule has 1 saturated heterocycles. The number of amides is 2. The number of nitrogens with two attached hydrogens (primary N) is 1. The third-order valence-corrected chi connectivity index (χ3v) is 2.79. The van der Waals surface area contributed by atoms with Crippen molar-refractivity contribution in [2.75, 3.05) is 18.6 Å². The topological polar surface area (TPSA) is 72.6 Å². The Morgan fingerprint density at radius 2 is 2.06 bits per heavy atom. The van der Waals surface area contributed by atoms with Gasteiger partial charge in [0.15, 0.2) is 0 Å². The molecule has 2 rings (SSSR count). The Balaban J connectivity index is 2.22. The van der Waals surface area contributed by atoms with E-state index >= 15 is 0 Å². The van der Waals surface area contributed by atoms with Crippen molar-refractivity contribution < 1.29 is 14.3 Å². The number of rotatable bonds is 3. The van der Waals surface area contributed by atoms with Crippen molar-refractivity contribution in [3.63, 3.8) is 0 Å². The quantitative estimate of drug-likeness (QED) is 0.571. The van der Waals surface area contributed by atoms with Crippen LogP contribution in [0.25, 0.3) is 0 Å². The summed E-state index contributed by atoms with van der Waals surface area (Å²) in [6.45, 7) is 0.168. The van der Waals surface area contributed by atoms with E-state index in [4.69, 9.17) is 10.5 Å². The number of para-hydroxylation sites is 1. The van der Waals surface area contributed by atoms with E-state index in [9.17, 15) is 9.59 Å². The number of methoxy groups -OCH3 is 1. The second-order valence-corrected chi connectivity index (χ2v) is 3.62. The highest BCUT2D eigenvalue weighted by Crippen LogP contribution is 2.31. The zero-order valence-electron chi connectivity index (χ0n) is 8.84. The Bertz CT molecular complexity index is 432. The van der Waals surface area contributed by atoms with Crippen LogP contribution in [0.4, 0.5) is 5.69 Å². The van der Waals surface area contributed by atoms with Crippen molar-refractivity contribution in [1.29, 1.82) is 0 Å². The summed E-state index contributed by atoms with van der Waals surface area (Å²) in [5.74, 6) is -1.15. The van der Waals surface area contributed by atoms with Crippen molar-refractivity contribution in [3.8, 4) is 0 Å². The van der Waals surface area contributed by atoms with Crippen molar-refractivity contribution in [1.82, 2.24) is 0 Å². The number of β-lactam (4-membered cyclic amide) rings is 1. The molecule has 1 fully saturated rings. The van der Waals surface area contributed by atoms with Gasteiger partial charge in [0.2, 0.25) is 5.60 Å². The summed E-state index contributed by atoms with van der Waals surface area (Å²) in [5, 5.41) is 0. The van der Waals surface area contributed by atoms with Crippen LogP contribution in [-0.4, -0.2) is 31.1 Å². The average Bonchev–Trinajstić information content (AvgIpc) is 2.29. The van der Waals surface area contributed by atoms with Gasteiger partial charge in [0.25, 0.3) is 11.8 Å². The summed E-state index contributed by atoms with van der Waals surface area (Å²) in [5.41, 5.74) is 4.42. The molecule has 1 atom stereocenters. The molecule has 1 aromatic carbocycles.